The van der Waals surface area contributed by atoms with Crippen LogP contribution in [0.15, 0.2) is 4.34 Å². The van der Waals surface area contributed by atoms with Gasteiger partial charge in [0, 0.05) is 6.42 Å². The van der Waals surface area contributed by atoms with Gasteiger partial charge in [0.15, 0.2) is 0 Å². The average Bonchev–Trinajstić information content (AvgIpc) is 2.86. The molecule has 0 atom stereocenters. The zero-order chi connectivity index (χ0) is 15.7. The molecule has 1 amide bonds. The molecule has 0 saturated carbocycles. The topological polar surface area (TPSA) is 115 Å². The number of nitrogens with zero attached hydrogens (tertiary/aromatic N) is 2. The fourth-order valence-corrected chi connectivity index (χ4v) is 3.15. The molecule has 0 aliphatic heterocycles. The number of hydrogen-bond donors (Lipinski definition) is 2. The minimum absolute atomic E-state index is 0.159. The van der Waals surface area contributed by atoms with Gasteiger partial charge in [-0.05, 0) is 6.42 Å². The lowest BCUT2D eigenvalue weighted by molar-refractivity contribution is -0.116. The van der Waals surface area contributed by atoms with Gasteiger partial charge in [-0.1, -0.05) is 56.8 Å². The van der Waals surface area contributed by atoms with Gasteiger partial charge in [0.1, 0.15) is 0 Å². The number of rotatable bonds is 10. The molecule has 21 heavy (non-hydrogen) atoms. The van der Waals surface area contributed by atoms with Gasteiger partial charge in [-0.25, -0.2) is 13.6 Å². The summed E-state index contributed by atoms with van der Waals surface area (Å²) < 4.78 is 21.8. The summed E-state index contributed by atoms with van der Waals surface area (Å²) in [6.45, 7) is 2.18. The predicted octanol–water partition coefficient (Wildman–Crippen LogP) is 2.26. The molecule has 1 heterocycles. The van der Waals surface area contributed by atoms with E-state index in [-0.39, 0.29) is 15.4 Å². The second kappa shape index (κ2) is 9.06. The standard InChI is InChI=1S/C12H22N4O3S2/c1-2-3-4-5-6-7-8-9-10(17)14-11-15-16-12(20-11)21(13,18)19/h2-9H2,1H3,(H2,13,18,19)(H,14,15,17). The number of amides is 1. The minimum Gasteiger partial charge on any atom is -0.301 e. The zero-order valence-corrected chi connectivity index (χ0v) is 13.8. The molecule has 0 aliphatic carbocycles. The van der Waals surface area contributed by atoms with Crippen LogP contribution in [0.1, 0.15) is 58.3 Å². The van der Waals surface area contributed by atoms with E-state index in [2.05, 4.69) is 22.4 Å². The molecule has 0 bridgehead atoms. The summed E-state index contributed by atoms with van der Waals surface area (Å²) in [5.41, 5.74) is 0. The summed E-state index contributed by atoms with van der Waals surface area (Å²) in [6.07, 6.45) is 8.34. The summed E-state index contributed by atoms with van der Waals surface area (Å²) in [5, 5.41) is 14.6. The summed E-state index contributed by atoms with van der Waals surface area (Å²) in [4.78, 5) is 11.7. The first-order valence-corrected chi connectivity index (χ1v) is 9.46. The first kappa shape index (κ1) is 18.0. The van der Waals surface area contributed by atoms with Crippen molar-refractivity contribution in [1.82, 2.24) is 10.2 Å². The van der Waals surface area contributed by atoms with Gasteiger partial charge in [0.25, 0.3) is 10.0 Å². The number of anilines is 1. The van der Waals surface area contributed by atoms with Crippen LogP contribution in [0.2, 0.25) is 0 Å². The van der Waals surface area contributed by atoms with E-state index in [1.165, 1.54) is 25.7 Å². The maximum absolute atomic E-state index is 11.7. The molecular weight excluding hydrogens is 312 g/mol. The zero-order valence-electron chi connectivity index (χ0n) is 12.2. The number of carbonyl (C=O) groups excluding carboxylic acids is 1. The van der Waals surface area contributed by atoms with E-state index in [0.29, 0.717) is 6.42 Å². The second-order valence-electron chi connectivity index (χ2n) is 4.84. The third-order valence-corrected chi connectivity index (χ3v) is 5.05. The van der Waals surface area contributed by atoms with Crippen molar-refractivity contribution in [3.8, 4) is 0 Å². The molecule has 120 valence electrons. The van der Waals surface area contributed by atoms with Crippen LogP contribution in [0.25, 0.3) is 0 Å². The number of carbonyl (C=O) groups is 1. The third kappa shape index (κ3) is 7.49. The molecule has 0 saturated heterocycles. The highest BCUT2D eigenvalue weighted by Crippen LogP contribution is 2.18. The van der Waals surface area contributed by atoms with E-state index in [0.717, 1.165) is 30.6 Å². The Kier molecular flexibility index (Phi) is 7.76. The summed E-state index contributed by atoms with van der Waals surface area (Å²) >= 11 is 0.754. The van der Waals surface area contributed by atoms with Gasteiger partial charge in [0.2, 0.25) is 15.4 Å². The average molecular weight is 334 g/mol. The van der Waals surface area contributed by atoms with Crippen molar-refractivity contribution in [2.75, 3.05) is 5.32 Å². The number of aromatic nitrogens is 2. The maximum Gasteiger partial charge on any atom is 0.267 e. The maximum atomic E-state index is 11.7. The molecule has 1 aromatic rings. The van der Waals surface area contributed by atoms with E-state index < -0.39 is 10.0 Å². The van der Waals surface area contributed by atoms with Crippen LogP contribution in [0.4, 0.5) is 5.13 Å². The fraction of sp³-hybridized carbons (Fsp3) is 0.750. The Balaban J connectivity index is 2.21. The van der Waals surface area contributed by atoms with Crippen LogP contribution < -0.4 is 10.5 Å². The van der Waals surface area contributed by atoms with Crippen LogP contribution in [-0.4, -0.2) is 24.5 Å². The highest BCUT2D eigenvalue weighted by molar-refractivity contribution is 7.91. The molecule has 0 unspecified atom stereocenters. The van der Waals surface area contributed by atoms with E-state index >= 15 is 0 Å². The van der Waals surface area contributed by atoms with Crippen molar-refractivity contribution < 1.29 is 13.2 Å². The highest BCUT2D eigenvalue weighted by atomic mass is 32.2. The fourth-order valence-electron chi connectivity index (χ4n) is 1.80. The Morgan fingerprint density at radius 1 is 1.14 bits per heavy atom. The van der Waals surface area contributed by atoms with Crippen molar-refractivity contribution in [3.63, 3.8) is 0 Å². The Morgan fingerprint density at radius 2 is 1.76 bits per heavy atom. The molecule has 1 aromatic heterocycles. The first-order chi connectivity index (χ1) is 9.93. The quantitative estimate of drug-likeness (QED) is 0.503. The smallest absolute Gasteiger partial charge is 0.267 e. The Morgan fingerprint density at radius 3 is 2.33 bits per heavy atom. The number of hydrogen-bond acceptors (Lipinski definition) is 6. The van der Waals surface area contributed by atoms with E-state index in [1.807, 2.05) is 0 Å². The van der Waals surface area contributed by atoms with E-state index in [4.69, 9.17) is 5.14 Å². The molecule has 3 N–H and O–H groups in total. The van der Waals surface area contributed by atoms with Crippen LogP contribution in [-0.2, 0) is 14.8 Å². The summed E-state index contributed by atoms with van der Waals surface area (Å²) in [6, 6.07) is 0. The van der Waals surface area contributed by atoms with E-state index in [1.54, 1.807) is 0 Å². The second-order valence-corrected chi connectivity index (χ2v) is 7.55. The lowest BCUT2D eigenvalue weighted by Gasteiger charge is -2.01. The number of unbranched alkanes of at least 4 members (excludes halogenated alkanes) is 6. The van der Waals surface area contributed by atoms with Crippen molar-refractivity contribution >= 4 is 32.4 Å². The molecule has 7 nitrogen and oxygen atoms in total. The molecule has 9 heteroatoms. The number of primary sulfonamides is 1. The van der Waals surface area contributed by atoms with Crippen molar-refractivity contribution in [2.24, 2.45) is 5.14 Å². The highest BCUT2D eigenvalue weighted by Gasteiger charge is 2.16. The molecule has 0 spiro atoms. The lowest BCUT2D eigenvalue weighted by atomic mass is 10.1. The number of nitrogens with one attached hydrogen (secondary N) is 1. The SMILES string of the molecule is CCCCCCCCCC(=O)Nc1nnc(S(N)(=O)=O)s1. The molecule has 0 aromatic carbocycles. The van der Waals surface area contributed by atoms with Gasteiger partial charge in [-0.3, -0.25) is 4.79 Å². The lowest BCUT2D eigenvalue weighted by Crippen LogP contribution is -2.11. The normalized spacial score (nSPS) is 11.5. The number of nitrogens with two attached hydrogens (primary N) is 1. The Labute approximate surface area is 129 Å². The molecular formula is C12H22N4O3S2. The summed E-state index contributed by atoms with van der Waals surface area (Å²) in [7, 11) is -3.86. The van der Waals surface area contributed by atoms with Gasteiger partial charge in [-0.2, -0.15) is 0 Å². The van der Waals surface area contributed by atoms with Crippen molar-refractivity contribution in [3.05, 3.63) is 0 Å². The monoisotopic (exact) mass is 334 g/mol. The van der Waals surface area contributed by atoms with Crippen LogP contribution in [0.5, 0.6) is 0 Å². The first-order valence-electron chi connectivity index (χ1n) is 7.09. The van der Waals surface area contributed by atoms with Crippen LogP contribution >= 0.6 is 11.3 Å². The Hall–Kier alpha value is -1.06. The van der Waals surface area contributed by atoms with Gasteiger partial charge in [-0.15, -0.1) is 10.2 Å². The van der Waals surface area contributed by atoms with Crippen molar-refractivity contribution in [2.45, 2.75) is 62.6 Å². The largest absolute Gasteiger partial charge is 0.301 e. The Bertz CT molecular complexity index is 542. The molecule has 0 fully saturated rings. The van der Waals surface area contributed by atoms with Gasteiger partial charge in [0.05, 0.1) is 0 Å². The van der Waals surface area contributed by atoms with Crippen LogP contribution in [0, 0.1) is 0 Å². The molecule has 0 aliphatic rings. The third-order valence-electron chi connectivity index (χ3n) is 2.90. The summed E-state index contributed by atoms with van der Waals surface area (Å²) in [5.74, 6) is -0.180. The van der Waals surface area contributed by atoms with E-state index in [9.17, 15) is 13.2 Å². The van der Waals surface area contributed by atoms with Gasteiger partial charge >= 0.3 is 0 Å². The minimum atomic E-state index is -3.86. The molecule has 1 rings (SSSR count). The van der Waals surface area contributed by atoms with Crippen molar-refractivity contribution in [1.29, 1.82) is 0 Å². The van der Waals surface area contributed by atoms with Gasteiger partial charge < -0.3 is 5.32 Å². The number of sulfonamides is 1. The van der Waals surface area contributed by atoms with Crippen LogP contribution in [0.3, 0.4) is 0 Å². The predicted molar refractivity (Wildman–Crippen MR) is 82.5 cm³/mol. The molecule has 0 radical (unpaired) electrons.